The minimum atomic E-state index is -3.31. The van der Waals surface area contributed by atoms with E-state index in [0.29, 0.717) is 10.6 Å². The van der Waals surface area contributed by atoms with E-state index in [-0.39, 0.29) is 5.92 Å². The van der Waals surface area contributed by atoms with E-state index in [1.165, 1.54) is 6.26 Å². The van der Waals surface area contributed by atoms with Crippen molar-refractivity contribution in [3.63, 3.8) is 0 Å². The maximum Gasteiger partial charge on any atom is 0.177 e. The second-order valence-corrected chi connectivity index (χ2v) is 9.72. The Hall–Kier alpha value is -2.71. The number of nitrogens with zero attached hydrogens (tertiary/aromatic N) is 3. The number of rotatable bonds is 6. The molecular formula is C22H26N4O3S. The van der Waals surface area contributed by atoms with Crippen LogP contribution in [-0.2, 0) is 16.4 Å². The summed E-state index contributed by atoms with van der Waals surface area (Å²) in [5, 5.41) is 7.37. The van der Waals surface area contributed by atoms with Crippen LogP contribution in [0.5, 0.6) is 5.75 Å². The summed E-state index contributed by atoms with van der Waals surface area (Å²) in [6.45, 7) is 2.46. The lowest BCUT2D eigenvalue weighted by molar-refractivity contribution is 0.197. The van der Waals surface area contributed by atoms with Gasteiger partial charge in [0.25, 0.3) is 0 Å². The Kier molecular flexibility index (Phi) is 5.87. The van der Waals surface area contributed by atoms with Gasteiger partial charge in [0.05, 0.1) is 29.6 Å². The average molecular weight is 427 g/mol. The molecule has 1 N–H and O–H groups in total. The molecule has 0 radical (unpaired) electrons. The van der Waals surface area contributed by atoms with Crippen molar-refractivity contribution >= 4 is 9.84 Å². The van der Waals surface area contributed by atoms with Crippen molar-refractivity contribution in [2.75, 3.05) is 26.5 Å². The first-order valence-electron chi connectivity index (χ1n) is 9.99. The molecule has 1 aliphatic heterocycles. The molecule has 30 heavy (non-hydrogen) atoms. The Morgan fingerprint density at radius 3 is 2.93 bits per heavy atom. The third kappa shape index (κ3) is 4.39. The zero-order valence-corrected chi connectivity index (χ0v) is 18.0. The number of piperidine rings is 1. The summed E-state index contributed by atoms with van der Waals surface area (Å²) in [5.41, 5.74) is 3.79. The van der Waals surface area contributed by atoms with Crippen molar-refractivity contribution in [3.05, 3.63) is 60.0 Å². The van der Waals surface area contributed by atoms with Crippen molar-refractivity contribution in [2.45, 2.75) is 30.2 Å². The predicted octanol–water partition coefficient (Wildman–Crippen LogP) is 3.26. The standard InChI is InChI=1S/C22H26N4O3S/c1-29-19-8-3-6-16(12-19)21-18(13-24-25-21)15-26-11-5-7-17(14-26)22-20(30(2,27)28)9-4-10-23-22/h3-4,6,8-10,12-13,17H,5,7,11,14-15H2,1-2H3,(H,24,25). The van der Waals surface area contributed by atoms with Crippen LogP contribution in [0, 0.1) is 0 Å². The van der Waals surface area contributed by atoms with Gasteiger partial charge in [-0.25, -0.2) is 8.42 Å². The second kappa shape index (κ2) is 8.57. The van der Waals surface area contributed by atoms with Crippen molar-refractivity contribution in [1.29, 1.82) is 0 Å². The topological polar surface area (TPSA) is 88.2 Å². The first-order valence-corrected chi connectivity index (χ1v) is 11.9. The Labute approximate surface area is 177 Å². The third-order valence-corrected chi connectivity index (χ3v) is 6.71. The number of nitrogens with one attached hydrogen (secondary N) is 1. The fraction of sp³-hybridized carbons (Fsp3) is 0.364. The highest BCUT2D eigenvalue weighted by Gasteiger charge is 2.27. The number of hydrogen-bond acceptors (Lipinski definition) is 6. The first-order chi connectivity index (χ1) is 14.5. The summed E-state index contributed by atoms with van der Waals surface area (Å²) in [5.74, 6) is 0.895. The summed E-state index contributed by atoms with van der Waals surface area (Å²) in [4.78, 5) is 7.14. The molecule has 0 aliphatic carbocycles. The van der Waals surface area contributed by atoms with Crippen LogP contribution >= 0.6 is 0 Å². The van der Waals surface area contributed by atoms with Crippen LogP contribution < -0.4 is 4.74 Å². The van der Waals surface area contributed by atoms with Gasteiger partial charge in [-0.05, 0) is 43.7 Å². The van der Waals surface area contributed by atoms with Crippen molar-refractivity contribution in [3.8, 4) is 17.0 Å². The summed E-state index contributed by atoms with van der Waals surface area (Å²) >= 11 is 0. The number of pyridine rings is 1. The molecule has 2 aromatic heterocycles. The highest BCUT2D eigenvalue weighted by atomic mass is 32.2. The molecule has 1 fully saturated rings. The quantitative estimate of drug-likeness (QED) is 0.651. The van der Waals surface area contributed by atoms with Gasteiger partial charge in [-0.2, -0.15) is 5.10 Å². The summed E-state index contributed by atoms with van der Waals surface area (Å²) in [7, 11) is -1.65. The smallest absolute Gasteiger partial charge is 0.177 e. The molecular weight excluding hydrogens is 400 g/mol. The molecule has 1 saturated heterocycles. The lowest BCUT2D eigenvalue weighted by atomic mass is 9.93. The maximum atomic E-state index is 12.2. The monoisotopic (exact) mass is 426 g/mol. The van der Waals surface area contributed by atoms with Crippen LogP contribution in [0.3, 0.4) is 0 Å². The minimum absolute atomic E-state index is 0.0943. The number of ether oxygens (including phenoxy) is 1. The second-order valence-electron chi connectivity index (χ2n) is 7.74. The Morgan fingerprint density at radius 2 is 2.13 bits per heavy atom. The maximum absolute atomic E-state index is 12.2. The van der Waals surface area contributed by atoms with Gasteiger partial charge in [-0.15, -0.1) is 0 Å². The van der Waals surface area contributed by atoms with E-state index >= 15 is 0 Å². The highest BCUT2D eigenvalue weighted by Crippen LogP contribution is 2.32. The Morgan fingerprint density at radius 1 is 1.27 bits per heavy atom. The van der Waals surface area contributed by atoms with E-state index in [1.54, 1.807) is 25.4 Å². The molecule has 1 aromatic carbocycles. The van der Waals surface area contributed by atoms with E-state index in [1.807, 2.05) is 30.5 Å². The normalized spacial score (nSPS) is 17.7. The van der Waals surface area contributed by atoms with Gasteiger partial charge in [0.1, 0.15) is 5.75 Å². The van der Waals surface area contributed by atoms with Gasteiger partial charge >= 0.3 is 0 Å². The summed E-state index contributed by atoms with van der Waals surface area (Å²) < 4.78 is 29.8. The third-order valence-electron chi connectivity index (χ3n) is 5.56. The lowest BCUT2D eigenvalue weighted by Gasteiger charge is -2.33. The number of sulfone groups is 1. The molecule has 8 heteroatoms. The largest absolute Gasteiger partial charge is 0.497 e. The van der Waals surface area contributed by atoms with E-state index in [4.69, 9.17) is 4.74 Å². The van der Waals surface area contributed by atoms with Gasteiger partial charge in [0, 0.05) is 42.6 Å². The number of H-pyrrole nitrogens is 1. The molecule has 3 heterocycles. The molecule has 0 amide bonds. The average Bonchev–Trinajstić information content (AvgIpc) is 3.21. The van der Waals surface area contributed by atoms with Crippen LogP contribution in [0.1, 0.15) is 30.0 Å². The lowest BCUT2D eigenvalue weighted by Crippen LogP contribution is -2.34. The van der Waals surface area contributed by atoms with Crippen LogP contribution in [-0.4, -0.2) is 55.0 Å². The fourth-order valence-corrected chi connectivity index (χ4v) is 5.07. The summed E-state index contributed by atoms with van der Waals surface area (Å²) in [6, 6.07) is 11.2. The summed E-state index contributed by atoms with van der Waals surface area (Å²) in [6.07, 6.45) is 6.72. The Balaban J connectivity index is 1.55. The van der Waals surface area contributed by atoms with Crippen LogP contribution in [0.2, 0.25) is 0 Å². The van der Waals surface area contributed by atoms with E-state index in [0.717, 1.165) is 55.0 Å². The number of likely N-dealkylation sites (tertiary alicyclic amines) is 1. The SMILES string of the molecule is COc1cccc(-c2[nH]ncc2CN2CCCC(c3ncccc3S(C)(=O)=O)C2)c1. The molecule has 1 aliphatic rings. The molecule has 7 nitrogen and oxygen atoms in total. The zero-order chi connectivity index (χ0) is 21.1. The van der Waals surface area contributed by atoms with E-state index in [9.17, 15) is 8.42 Å². The predicted molar refractivity (Wildman–Crippen MR) is 115 cm³/mol. The van der Waals surface area contributed by atoms with Gasteiger partial charge < -0.3 is 4.74 Å². The van der Waals surface area contributed by atoms with Gasteiger partial charge in [-0.1, -0.05) is 12.1 Å². The molecule has 4 rings (SSSR count). The molecule has 3 aromatic rings. The van der Waals surface area contributed by atoms with E-state index < -0.39 is 9.84 Å². The fourth-order valence-electron chi connectivity index (χ4n) is 4.15. The van der Waals surface area contributed by atoms with Gasteiger partial charge in [0.15, 0.2) is 9.84 Å². The van der Waals surface area contributed by atoms with E-state index in [2.05, 4.69) is 20.1 Å². The van der Waals surface area contributed by atoms with Gasteiger partial charge in [-0.3, -0.25) is 15.0 Å². The molecule has 1 atom stereocenters. The number of aromatic nitrogens is 3. The van der Waals surface area contributed by atoms with Crippen molar-refractivity contribution in [2.24, 2.45) is 0 Å². The number of hydrogen-bond donors (Lipinski definition) is 1. The van der Waals surface area contributed by atoms with Crippen molar-refractivity contribution in [1.82, 2.24) is 20.1 Å². The van der Waals surface area contributed by atoms with Crippen LogP contribution in [0.4, 0.5) is 0 Å². The van der Waals surface area contributed by atoms with Crippen LogP contribution in [0.25, 0.3) is 11.3 Å². The number of methoxy groups -OCH3 is 1. The van der Waals surface area contributed by atoms with Gasteiger partial charge in [0.2, 0.25) is 0 Å². The van der Waals surface area contributed by atoms with Crippen molar-refractivity contribution < 1.29 is 13.2 Å². The molecule has 1 unspecified atom stereocenters. The minimum Gasteiger partial charge on any atom is -0.497 e. The first kappa shape index (κ1) is 20.6. The van der Waals surface area contributed by atoms with Crippen LogP contribution in [0.15, 0.2) is 53.7 Å². The number of benzene rings is 1. The Bertz CT molecular complexity index is 1130. The zero-order valence-electron chi connectivity index (χ0n) is 17.2. The molecule has 0 bridgehead atoms. The highest BCUT2D eigenvalue weighted by molar-refractivity contribution is 7.90. The molecule has 0 spiro atoms. The molecule has 0 saturated carbocycles. The molecule has 158 valence electrons. The number of aromatic amines is 1.